The van der Waals surface area contributed by atoms with E-state index >= 15 is 0 Å². The molecule has 2 aromatic carbocycles. The molecule has 134 valence electrons. The fraction of sp³-hybridized carbons (Fsp3) is 0.316. The Balaban J connectivity index is 2.35. The SMILES string of the molecule is CC(C)(C)C(=O)Nc1ccc(OC(F)(F)F)cc1Cc1ccccc1. The number of anilines is 1. The molecule has 25 heavy (non-hydrogen) atoms. The van der Waals surface area contributed by atoms with Gasteiger partial charge >= 0.3 is 6.36 Å². The summed E-state index contributed by atoms with van der Waals surface area (Å²) in [4.78, 5) is 12.2. The van der Waals surface area contributed by atoms with Crippen molar-refractivity contribution >= 4 is 11.6 Å². The number of benzene rings is 2. The molecular formula is C19H20F3NO2. The molecule has 0 spiro atoms. The minimum absolute atomic E-state index is 0.216. The molecule has 0 atom stereocenters. The van der Waals surface area contributed by atoms with Gasteiger partial charge in [-0.05, 0) is 35.7 Å². The summed E-state index contributed by atoms with van der Waals surface area (Å²) >= 11 is 0. The summed E-state index contributed by atoms with van der Waals surface area (Å²) in [5.74, 6) is -0.529. The summed E-state index contributed by atoms with van der Waals surface area (Å²) < 4.78 is 41.4. The highest BCUT2D eigenvalue weighted by atomic mass is 19.4. The van der Waals surface area contributed by atoms with Gasteiger partial charge in [-0.3, -0.25) is 4.79 Å². The smallest absolute Gasteiger partial charge is 0.406 e. The van der Waals surface area contributed by atoms with Crippen LogP contribution in [0.15, 0.2) is 48.5 Å². The average Bonchev–Trinajstić information content (AvgIpc) is 2.48. The van der Waals surface area contributed by atoms with Gasteiger partial charge in [0.2, 0.25) is 5.91 Å². The fourth-order valence-corrected chi connectivity index (χ4v) is 2.16. The first kappa shape index (κ1) is 18.8. The van der Waals surface area contributed by atoms with E-state index in [2.05, 4.69) is 10.1 Å². The molecule has 0 aliphatic rings. The second-order valence-electron chi connectivity index (χ2n) is 6.73. The van der Waals surface area contributed by atoms with Crippen LogP contribution in [0.25, 0.3) is 0 Å². The van der Waals surface area contributed by atoms with Crippen molar-refractivity contribution in [3.63, 3.8) is 0 Å². The van der Waals surface area contributed by atoms with Crippen molar-refractivity contribution in [1.82, 2.24) is 0 Å². The highest BCUT2D eigenvalue weighted by Gasteiger charge is 2.31. The molecule has 1 N–H and O–H groups in total. The van der Waals surface area contributed by atoms with Crippen molar-refractivity contribution in [3.05, 3.63) is 59.7 Å². The van der Waals surface area contributed by atoms with E-state index in [1.165, 1.54) is 18.2 Å². The number of nitrogens with one attached hydrogen (secondary N) is 1. The third-order valence-corrected chi connectivity index (χ3v) is 3.48. The minimum Gasteiger partial charge on any atom is -0.406 e. The van der Waals surface area contributed by atoms with Crippen molar-refractivity contribution in [3.8, 4) is 5.75 Å². The molecule has 6 heteroatoms. The number of carbonyl (C=O) groups is 1. The lowest BCUT2D eigenvalue weighted by molar-refractivity contribution is -0.274. The molecular weight excluding hydrogens is 331 g/mol. The fourth-order valence-electron chi connectivity index (χ4n) is 2.16. The van der Waals surface area contributed by atoms with E-state index in [4.69, 9.17) is 0 Å². The van der Waals surface area contributed by atoms with Crippen LogP contribution in [-0.2, 0) is 11.2 Å². The predicted molar refractivity (Wildman–Crippen MR) is 90.5 cm³/mol. The standard InChI is InChI=1S/C19H20F3NO2/c1-18(2,3)17(24)23-16-10-9-15(25-19(20,21)22)12-14(16)11-13-7-5-4-6-8-13/h4-10,12H,11H2,1-3H3,(H,23,24). The molecule has 0 aliphatic heterocycles. The molecule has 0 heterocycles. The molecule has 0 aliphatic carbocycles. The van der Waals surface area contributed by atoms with Gasteiger partial charge in [0.25, 0.3) is 0 Å². The first-order chi connectivity index (χ1) is 11.5. The number of halogens is 3. The Morgan fingerprint density at radius 3 is 2.24 bits per heavy atom. The van der Waals surface area contributed by atoms with Gasteiger partial charge < -0.3 is 10.1 Å². The molecule has 0 aromatic heterocycles. The maximum absolute atomic E-state index is 12.5. The second kappa shape index (κ2) is 7.17. The molecule has 1 amide bonds. The zero-order valence-corrected chi connectivity index (χ0v) is 14.3. The second-order valence-corrected chi connectivity index (χ2v) is 6.73. The van der Waals surface area contributed by atoms with Gasteiger partial charge in [0.1, 0.15) is 5.75 Å². The number of amides is 1. The van der Waals surface area contributed by atoms with Gasteiger partial charge in [0.15, 0.2) is 0 Å². The van der Waals surface area contributed by atoms with Crippen molar-refractivity contribution in [2.24, 2.45) is 5.41 Å². The summed E-state index contributed by atoms with van der Waals surface area (Å²) in [7, 11) is 0. The number of rotatable bonds is 4. The normalized spacial score (nSPS) is 11.9. The maximum atomic E-state index is 12.5. The van der Waals surface area contributed by atoms with Gasteiger partial charge in [-0.15, -0.1) is 13.2 Å². The van der Waals surface area contributed by atoms with Crippen LogP contribution in [0.4, 0.5) is 18.9 Å². The molecule has 0 saturated heterocycles. The lowest BCUT2D eigenvalue weighted by Gasteiger charge is -2.20. The van der Waals surface area contributed by atoms with Crippen LogP contribution in [0.2, 0.25) is 0 Å². The van der Waals surface area contributed by atoms with Crippen molar-refractivity contribution in [1.29, 1.82) is 0 Å². The van der Waals surface area contributed by atoms with Crippen molar-refractivity contribution in [2.45, 2.75) is 33.6 Å². The Hall–Kier alpha value is -2.50. The summed E-state index contributed by atoms with van der Waals surface area (Å²) in [6.07, 6.45) is -4.39. The van der Waals surface area contributed by atoms with E-state index in [1.807, 2.05) is 30.3 Å². The number of carbonyl (C=O) groups excluding carboxylic acids is 1. The van der Waals surface area contributed by atoms with Gasteiger partial charge in [0, 0.05) is 11.1 Å². The summed E-state index contributed by atoms with van der Waals surface area (Å²) in [5.41, 5.74) is 1.31. The van der Waals surface area contributed by atoms with E-state index in [1.54, 1.807) is 20.8 Å². The molecule has 2 aromatic rings. The van der Waals surface area contributed by atoms with Gasteiger partial charge in [-0.25, -0.2) is 0 Å². The van der Waals surface area contributed by atoms with E-state index in [-0.39, 0.29) is 11.7 Å². The van der Waals surface area contributed by atoms with Crippen molar-refractivity contribution < 1.29 is 22.7 Å². The summed E-state index contributed by atoms with van der Waals surface area (Å²) in [6, 6.07) is 13.2. The van der Waals surface area contributed by atoms with Crippen LogP contribution in [0.3, 0.4) is 0 Å². The Morgan fingerprint density at radius 1 is 1.04 bits per heavy atom. The summed E-state index contributed by atoms with van der Waals surface area (Å²) in [5, 5.41) is 2.79. The zero-order valence-electron chi connectivity index (χ0n) is 14.3. The number of alkyl halides is 3. The first-order valence-corrected chi connectivity index (χ1v) is 7.79. The molecule has 0 bridgehead atoms. The van der Waals surface area contributed by atoms with Crippen LogP contribution < -0.4 is 10.1 Å². The number of hydrogen-bond acceptors (Lipinski definition) is 2. The Labute approximate surface area is 144 Å². The third-order valence-electron chi connectivity index (χ3n) is 3.48. The third kappa shape index (κ3) is 5.81. The average molecular weight is 351 g/mol. The molecule has 3 nitrogen and oxygen atoms in total. The van der Waals surface area contributed by atoms with Crippen LogP contribution in [0, 0.1) is 5.41 Å². The van der Waals surface area contributed by atoms with E-state index in [0.29, 0.717) is 17.7 Å². The van der Waals surface area contributed by atoms with Crippen LogP contribution >= 0.6 is 0 Å². The highest BCUT2D eigenvalue weighted by Crippen LogP contribution is 2.30. The minimum atomic E-state index is -4.76. The highest BCUT2D eigenvalue weighted by molar-refractivity contribution is 5.95. The van der Waals surface area contributed by atoms with E-state index in [0.717, 1.165) is 5.56 Å². The largest absolute Gasteiger partial charge is 0.573 e. The molecule has 0 unspecified atom stereocenters. The zero-order chi connectivity index (χ0) is 18.7. The maximum Gasteiger partial charge on any atom is 0.573 e. The van der Waals surface area contributed by atoms with Crippen LogP contribution in [0.5, 0.6) is 5.75 Å². The molecule has 0 radical (unpaired) electrons. The predicted octanol–water partition coefficient (Wildman–Crippen LogP) is 5.16. The molecule has 0 saturated carbocycles. The van der Waals surface area contributed by atoms with Gasteiger partial charge in [-0.2, -0.15) is 0 Å². The monoisotopic (exact) mass is 351 g/mol. The van der Waals surface area contributed by atoms with Crippen molar-refractivity contribution in [2.75, 3.05) is 5.32 Å². The lowest BCUT2D eigenvalue weighted by atomic mass is 9.95. The quantitative estimate of drug-likeness (QED) is 0.826. The molecule has 0 fully saturated rings. The van der Waals surface area contributed by atoms with Crippen LogP contribution in [-0.4, -0.2) is 12.3 Å². The topological polar surface area (TPSA) is 38.3 Å². The van der Waals surface area contributed by atoms with Crippen LogP contribution in [0.1, 0.15) is 31.9 Å². The molecule has 2 rings (SSSR count). The van der Waals surface area contributed by atoms with E-state index < -0.39 is 11.8 Å². The number of hydrogen-bond donors (Lipinski definition) is 1. The number of ether oxygens (including phenoxy) is 1. The van der Waals surface area contributed by atoms with Gasteiger partial charge in [0.05, 0.1) is 0 Å². The Bertz CT molecular complexity index is 735. The first-order valence-electron chi connectivity index (χ1n) is 7.79. The van der Waals surface area contributed by atoms with Gasteiger partial charge in [-0.1, -0.05) is 51.1 Å². The van der Waals surface area contributed by atoms with E-state index in [9.17, 15) is 18.0 Å². The Morgan fingerprint density at radius 2 is 1.68 bits per heavy atom. The Kier molecular flexibility index (Phi) is 5.40. The lowest BCUT2D eigenvalue weighted by Crippen LogP contribution is -2.28. The summed E-state index contributed by atoms with van der Waals surface area (Å²) in [6.45, 7) is 5.29.